The highest BCUT2D eigenvalue weighted by atomic mass is 16.1. The van der Waals surface area contributed by atoms with Gasteiger partial charge in [-0.3, -0.25) is 4.79 Å². The van der Waals surface area contributed by atoms with E-state index in [1.54, 1.807) is 6.20 Å². The highest BCUT2D eigenvalue weighted by Gasteiger charge is 2.21. The molecule has 16 heavy (non-hydrogen) atoms. The van der Waals surface area contributed by atoms with Crippen LogP contribution in [0.5, 0.6) is 0 Å². The molecule has 0 atom stereocenters. The number of hydrogen-bond acceptors (Lipinski definition) is 2. The van der Waals surface area contributed by atoms with E-state index in [9.17, 15) is 4.79 Å². The molecular formula is C13H22N2O. The van der Waals surface area contributed by atoms with E-state index in [4.69, 9.17) is 0 Å². The highest BCUT2D eigenvalue weighted by molar-refractivity contribution is 5.94. The fraction of sp³-hybridized carbons (Fsp3) is 0.692. The minimum absolute atomic E-state index is 0.155. The highest BCUT2D eigenvalue weighted by Crippen LogP contribution is 2.18. The topological polar surface area (TPSA) is 34.9 Å². The van der Waals surface area contributed by atoms with Crippen LogP contribution in [0.25, 0.3) is 0 Å². The van der Waals surface area contributed by atoms with Gasteiger partial charge in [-0.2, -0.15) is 0 Å². The van der Waals surface area contributed by atoms with Gasteiger partial charge >= 0.3 is 0 Å². The number of aryl methyl sites for hydroxylation is 1. The lowest BCUT2D eigenvalue weighted by molar-refractivity contribution is 0.0889. The van der Waals surface area contributed by atoms with Crippen molar-refractivity contribution in [2.75, 3.05) is 0 Å². The van der Waals surface area contributed by atoms with Gasteiger partial charge in [-0.1, -0.05) is 26.7 Å². The lowest BCUT2D eigenvalue weighted by Crippen LogP contribution is -2.19. The molecule has 0 spiro atoms. The number of nitrogens with zero attached hydrogens (tertiary/aromatic N) is 2. The zero-order valence-corrected chi connectivity index (χ0v) is 10.6. The Balaban J connectivity index is 2.81. The normalized spacial score (nSPS) is 11.0. The van der Waals surface area contributed by atoms with Crippen LogP contribution in [-0.2, 0) is 6.54 Å². The van der Waals surface area contributed by atoms with Crippen LogP contribution < -0.4 is 0 Å². The second kappa shape index (κ2) is 6.46. The lowest BCUT2D eigenvalue weighted by Gasteiger charge is -2.14. The molecule has 90 valence electrons. The van der Waals surface area contributed by atoms with Crippen molar-refractivity contribution in [1.29, 1.82) is 0 Å². The molecule has 0 aliphatic heterocycles. The summed E-state index contributed by atoms with van der Waals surface area (Å²) in [6.45, 7) is 7.10. The number of rotatable bonds is 7. The summed E-state index contributed by atoms with van der Waals surface area (Å²) in [5, 5.41) is 0. The lowest BCUT2D eigenvalue weighted by atomic mass is 9.93. The molecular weight excluding hydrogens is 200 g/mol. The number of hydrogen-bond donors (Lipinski definition) is 0. The van der Waals surface area contributed by atoms with Gasteiger partial charge in [-0.15, -0.1) is 0 Å². The molecule has 1 rings (SSSR count). The maximum Gasteiger partial charge on any atom is 0.201 e. The van der Waals surface area contributed by atoms with Crippen LogP contribution in [0.3, 0.4) is 0 Å². The minimum atomic E-state index is 0.155. The Morgan fingerprint density at radius 2 is 1.94 bits per heavy atom. The van der Waals surface area contributed by atoms with Gasteiger partial charge in [0, 0.05) is 24.9 Å². The monoisotopic (exact) mass is 222 g/mol. The van der Waals surface area contributed by atoms with Crippen LogP contribution in [-0.4, -0.2) is 15.3 Å². The fourth-order valence-electron chi connectivity index (χ4n) is 2.08. The summed E-state index contributed by atoms with van der Waals surface area (Å²) >= 11 is 0. The molecule has 3 heteroatoms. The third-order valence-corrected chi connectivity index (χ3v) is 2.92. The number of carbonyl (C=O) groups excluding carboxylic acids is 1. The molecule has 0 saturated carbocycles. The molecule has 0 amide bonds. The molecule has 3 nitrogen and oxygen atoms in total. The standard InChI is InChI=1S/C13H22N2O/c1-4-7-11(8-5-2)12(16)13-14-9-10-15(13)6-3/h9-11H,4-8H2,1-3H3. The first-order valence-corrected chi connectivity index (χ1v) is 6.29. The van der Waals surface area contributed by atoms with Crippen molar-refractivity contribution in [2.45, 2.75) is 53.0 Å². The van der Waals surface area contributed by atoms with E-state index < -0.39 is 0 Å². The van der Waals surface area contributed by atoms with Crippen LogP contribution in [0.4, 0.5) is 0 Å². The predicted molar refractivity (Wildman–Crippen MR) is 65.5 cm³/mol. The van der Waals surface area contributed by atoms with Gasteiger partial charge in [0.05, 0.1) is 0 Å². The summed E-state index contributed by atoms with van der Waals surface area (Å²) in [7, 11) is 0. The van der Waals surface area contributed by atoms with E-state index >= 15 is 0 Å². The first-order valence-electron chi connectivity index (χ1n) is 6.29. The van der Waals surface area contributed by atoms with Crippen molar-refractivity contribution >= 4 is 5.78 Å². The molecule has 0 aliphatic carbocycles. The van der Waals surface area contributed by atoms with Crippen molar-refractivity contribution in [2.24, 2.45) is 5.92 Å². The van der Waals surface area contributed by atoms with Crippen LogP contribution in [0.1, 0.15) is 57.1 Å². The zero-order valence-electron chi connectivity index (χ0n) is 10.6. The molecule has 0 saturated heterocycles. The maximum atomic E-state index is 12.3. The SMILES string of the molecule is CCCC(CCC)C(=O)c1nccn1CC. The number of aromatic nitrogens is 2. The molecule has 0 unspecified atom stereocenters. The van der Waals surface area contributed by atoms with Crippen molar-refractivity contribution in [1.82, 2.24) is 9.55 Å². The molecule has 0 radical (unpaired) electrons. The summed E-state index contributed by atoms with van der Waals surface area (Å²) in [6, 6.07) is 0. The Hall–Kier alpha value is -1.12. The summed E-state index contributed by atoms with van der Waals surface area (Å²) in [5.74, 6) is 1.01. The average Bonchev–Trinajstić information content (AvgIpc) is 2.75. The Morgan fingerprint density at radius 1 is 1.31 bits per heavy atom. The molecule has 0 bridgehead atoms. The largest absolute Gasteiger partial charge is 0.329 e. The Labute approximate surface area is 97.9 Å². The molecule has 1 heterocycles. The molecule has 0 aliphatic rings. The number of carbonyl (C=O) groups is 1. The first-order chi connectivity index (χ1) is 7.74. The predicted octanol–water partition coefficient (Wildman–Crippen LogP) is 3.30. The minimum Gasteiger partial charge on any atom is -0.329 e. The van der Waals surface area contributed by atoms with Gasteiger partial charge in [-0.05, 0) is 19.8 Å². The first kappa shape index (κ1) is 12.9. The number of ketones is 1. The van der Waals surface area contributed by atoms with Gasteiger partial charge < -0.3 is 4.57 Å². The summed E-state index contributed by atoms with van der Waals surface area (Å²) in [4.78, 5) is 16.5. The van der Waals surface area contributed by atoms with Crippen LogP contribution in [0, 0.1) is 5.92 Å². The van der Waals surface area contributed by atoms with Gasteiger partial charge in [-0.25, -0.2) is 4.98 Å². The molecule has 1 aromatic rings. The quantitative estimate of drug-likeness (QED) is 0.663. The van der Waals surface area contributed by atoms with Crippen LogP contribution in [0.15, 0.2) is 12.4 Å². The van der Waals surface area contributed by atoms with E-state index in [1.165, 1.54) is 0 Å². The molecule has 0 aromatic carbocycles. The van der Waals surface area contributed by atoms with E-state index in [0.29, 0.717) is 5.82 Å². The number of Topliss-reactive ketones (excluding diaryl/α,β-unsaturated/α-hetero) is 1. The van der Waals surface area contributed by atoms with Crippen molar-refractivity contribution in [3.8, 4) is 0 Å². The maximum absolute atomic E-state index is 12.3. The third-order valence-electron chi connectivity index (χ3n) is 2.92. The van der Waals surface area contributed by atoms with E-state index in [0.717, 1.165) is 32.2 Å². The van der Waals surface area contributed by atoms with E-state index in [2.05, 4.69) is 18.8 Å². The Kier molecular flexibility index (Phi) is 5.23. The van der Waals surface area contributed by atoms with Gasteiger partial charge in [0.1, 0.15) is 0 Å². The second-order valence-corrected chi connectivity index (χ2v) is 4.18. The van der Waals surface area contributed by atoms with Gasteiger partial charge in [0.25, 0.3) is 0 Å². The van der Waals surface area contributed by atoms with Crippen LogP contribution in [0.2, 0.25) is 0 Å². The van der Waals surface area contributed by atoms with E-state index in [-0.39, 0.29) is 11.7 Å². The summed E-state index contributed by atoms with van der Waals surface area (Å²) in [6.07, 6.45) is 7.66. The summed E-state index contributed by atoms with van der Waals surface area (Å²) < 4.78 is 1.93. The zero-order chi connectivity index (χ0) is 12.0. The molecule has 0 fully saturated rings. The smallest absolute Gasteiger partial charge is 0.201 e. The van der Waals surface area contributed by atoms with Crippen molar-refractivity contribution < 1.29 is 4.79 Å². The van der Waals surface area contributed by atoms with Crippen molar-refractivity contribution in [3.63, 3.8) is 0 Å². The Bertz CT molecular complexity index is 324. The average molecular weight is 222 g/mol. The van der Waals surface area contributed by atoms with Crippen LogP contribution >= 0.6 is 0 Å². The Morgan fingerprint density at radius 3 is 2.44 bits per heavy atom. The van der Waals surface area contributed by atoms with Gasteiger partial charge in [0.15, 0.2) is 5.82 Å². The molecule has 1 aromatic heterocycles. The van der Waals surface area contributed by atoms with Crippen molar-refractivity contribution in [3.05, 3.63) is 18.2 Å². The van der Waals surface area contributed by atoms with Gasteiger partial charge in [0.2, 0.25) is 5.78 Å². The summed E-state index contributed by atoms with van der Waals surface area (Å²) in [5.41, 5.74) is 0. The fourth-order valence-corrected chi connectivity index (χ4v) is 2.08. The third kappa shape index (κ3) is 2.94. The number of imidazole rings is 1. The van der Waals surface area contributed by atoms with E-state index in [1.807, 2.05) is 17.7 Å². The second-order valence-electron chi connectivity index (χ2n) is 4.18. The molecule has 0 N–H and O–H groups in total.